The number of carbonyl (C=O) groups excluding carboxylic acids is 1. The molecule has 21 heavy (non-hydrogen) atoms. The lowest BCUT2D eigenvalue weighted by atomic mass is 9.92. The summed E-state index contributed by atoms with van der Waals surface area (Å²) < 4.78 is 5.46. The fourth-order valence-electron chi connectivity index (χ4n) is 2.39. The van der Waals surface area contributed by atoms with Crippen LogP contribution in [0.3, 0.4) is 0 Å². The Hall–Kier alpha value is -0.970. The van der Waals surface area contributed by atoms with E-state index in [4.69, 9.17) is 27.9 Å². The smallest absolute Gasteiger partial charge is 0.223 e. The quantitative estimate of drug-likeness (QED) is 0.871. The van der Waals surface area contributed by atoms with Gasteiger partial charge in [0.25, 0.3) is 0 Å². The van der Waals surface area contributed by atoms with Gasteiger partial charge in [-0.1, -0.05) is 36.0 Å². The lowest BCUT2D eigenvalue weighted by Gasteiger charge is -2.28. The van der Waals surface area contributed by atoms with E-state index in [9.17, 15) is 9.90 Å². The fraction of sp³-hybridized carbons (Fsp3) is 0.533. The van der Waals surface area contributed by atoms with Gasteiger partial charge in [-0.3, -0.25) is 4.79 Å². The molecule has 1 aromatic rings. The highest BCUT2D eigenvalue weighted by Gasteiger charge is 2.24. The first-order valence-electron chi connectivity index (χ1n) is 7.11. The zero-order valence-electron chi connectivity index (χ0n) is 11.6. The highest BCUT2D eigenvalue weighted by Crippen LogP contribution is 2.26. The number of rotatable bonds is 5. The highest BCUT2D eigenvalue weighted by molar-refractivity contribution is 6.42. The molecule has 0 radical (unpaired) electrons. The van der Waals surface area contributed by atoms with Gasteiger partial charge >= 0.3 is 0 Å². The van der Waals surface area contributed by atoms with E-state index in [0.29, 0.717) is 15.8 Å². The zero-order valence-corrected chi connectivity index (χ0v) is 13.2. The Balaban J connectivity index is 1.72. The second-order valence-corrected chi connectivity index (χ2v) is 6.01. The molecule has 1 saturated carbocycles. The number of halogens is 2. The van der Waals surface area contributed by atoms with Crippen LogP contribution in [0.15, 0.2) is 18.2 Å². The van der Waals surface area contributed by atoms with Crippen molar-refractivity contribution in [2.75, 3.05) is 6.61 Å². The summed E-state index contributed by atoms with van der Waals surface area (Å²) in [4.78, 5) is 11.8. The average Bonchev–Trinajstić information content (AvgIpc) is 2.45. The van der Waals surface area contributed by atoms with E-state index >= 15 is 0 Å². The van der Waals surface area contributed by atoms with Crippen LogP contribution in [-0.2, 0) is 4.79 Å². The molecule has 2 rings (SSSR count). The minimum atomic E-state index is -0.432. The molecule has 1 amide bonds. The van der Waals surface area contributed by atoms with Crippen molar-refractivity contribution in [3.05, 3.63) is 28.2 Å². The number of nitrogens with one attached hydrogen (secondary N) is 1. The molecule has 0 bridgehead atoms. The van der Waals surface area contributed by atoms with Crippen molar-refractivity contribution in [1.29, 1.82) is 0 Å². The van der Waals surface area contributed by atoms with Gasteiger partial charge in [-0.15, -0.1) is 0 Å². The summed E-state index contributed by atoms with van der Waals surface area (Å²) in [5.74, 6) is 0.468. The van der Waals surface area contributed by atoms with Gasteiger partial charge in [0.1, 0.15) is 5.75 Å². The Morgan fingerprint density at radius 1 is 1.29 bits per heavy atom. The van der Waals surface area contributed by atoms with Crippen LogP contribution in [0.25, 0.3) is 0 Å². The van der Waals surface area contributed by atoms with Crippen molar-refractivity contribution < 1.29 is 14.6 Å². The molecule has 6 heteroatoms. The predicted octanol–water partition coefficient (Wildman–Crippen LogP) is 3.18. The number of carbonyl (C=O) groups is 1. The molecule has 1 aliphatic carbocycles. The van der Waals surface area contributed by atoms with Crippen LogP contribution in [0.4, 0.5) is 0 Å². The molecule has 4 nitrogen and oxygen atoms in total. The third-order valence-corrected chi connectivity index (χ3v) is 4.30. The van der Waals surface area contributed by atoms with E-state index in [2.05, 4.69) is 5.32 Å². The molecule has 0 aliphatic heterocycles. The van der Waals surface area contributed by atoms with Crippen LogP contribution in [0.1, 0.15) is 32.1 Å². The predicted molar refractivity (Wildman–Crippen MR) is 83.0 cm³/mol. The van der Waals surface area contributed by atoms with Gasteiger partial charge in [-0.25, -0.2) is 0 Å². The Morgan fingerprint density at radius 2 is 2.05 bits per heavy atom. The van der Waals surface area contributed by atoms with Crippen LogP contribution >= 0.6 is 23.2 Å². The lowest BCUT2D eigenvalue weighted by molar-refractivity contribution is -0.123. The molecule has 0 spiro atoms. The first-order valence-corrected chi connectivity index (χ1v) is 7.87. The maximum atomic E-state index is 11.8. The highest BCUT2D eigenvalue weighted by atomic mass is 35.5. The van der Waals surface area contributed by atoms with Crippen molar-refractivity contribution in [3.63, 3.8) is 0 Å². The van der Waals surface area contributed by atoms with Crippen molar-refractivity contribution in [1.82, 2.24) is 5.32 Å². The maximum absolute atomic E-state index is 11.8. The van der Waals surface area contributed by atoms with Crippen LogP contribution in [0.2, 0.25) is 10.0 Å². The number of hydrogen-bond donors (Lipinski definition) is 2. The zero-order chi connectivity index (χ0) is 15.2. The van der Waals surface area contributed by atoms with E-state index in [-0.39, 0.29) is 25.0 Å². The van der Waals surface area contributed by atoms with Gasteiger partial charge in [0.2, 0.25) is 5.91 Å². The van der Waals surface area contributed by atoms with Crippen molar-refractivity contribution >= 4 is 29.1 Å². The summed E-state index contributed by atoms with van der Waals surface area (Å²) in [6, 6.07) is 4.85. The first kappa shape index (κ1) is 16.4. The Bertz CT molecular complexity index is 496. The summed E-state index contributed by atoms with van der Waals surface area (Å²) in [6.45, 7) is 0.257. The second kappa shape index (κ2) is 7.87. The standard InChI is InChI=1S/C15H19Cl2NO3/c16-11-6-5-10(9-12(11)17)21-8-7-15(20)18-13-3-1-2-4-14(13)19/h5-6,9,13-14,19H,1-4,7-8H2,(H,18,20)/t13-,14-/m0/s1. The van der Waals surface area contributed by atoms with Crippen LogP contribution in [0, 0.1) is 0 Å². The largest absolute Gasteiger partial charge is 0.493 e. The molecule has 1 aliphatic rings. The first-order chi connectivity index (χ1) is 10.1. The molecule has 2 N–H and O–H groups in total. The van der Waals surface area contributed by atoms with E-state index in [1.54, 1.807) is 18.2 Å². The lowest BCUT2D eigenvalue weighted by Crippen LogP contribution is -2.45. The minimum absolute atomic E-state index is 0.110. The summed E-state index contributed by atoms with van der Waals surface area (Å²) in [7, 11) is 0. The van der Waals surface area contributed by atoms with Gasteiger partial charge in [0.15, 0.2) is 0 Å². The van der Waals surface area contributed by atoms with E-state index in [1.165, 1.54) is 0 Å². The third kappa shape index (κ3) is 5.06. The number of aliphatic hydroxyl groups is 1. The van der Waals surface area contributed by atoms with Gasteiger partial charge in [-0.05, 0) is 25.0 Å². The van der Waals surface area contributed by atoms with Gasteiger partial charge in [0.05, 0.1) is 35.2 Å². The monoisotopic (exact) mass is 331 g/mol. The molecule has 0 aromatic heterocycles. The second-order valence-electron chi connectivity index (χ2n) is 5.20. The maximum Gasteiger partial charge on any atom is 0.223 e. The minimum Gasteiger partial charge on any atom is -0.493 e. The number of amides is 1. The molecule has 116 valence electrons. The summed E-state index contributed by atoms with van der Waals surface area (Å²) in [5, 5.41) is 13.6. The van der Waals surface area contributed by atoms with Gasteiger partial charge in [0, 0.05) is 6.07 Å². The fourth-order valence-corrected chi connectivity index (χ4v) is 2.67. The summed E-state index contributed by atoms with van der Waals surface area (Å²) in [6.07, 6.45) is 3.46. The third-order valence-electron chi connectivity index (χ3n) is 3.56. The summed E-state index contributed by atoms with van der Waals surface area (Å²) in [5.41, 5.74) is 0. The van der Waals surface area contributed by atoms with E-state index in [1.807, 2.05) is 0 Å². The van der Waals surface area contributed by atoms with E-state index < -0.39 is 6.10 Å². The molecular weight excluding hydrogens is 313 g/mol. The van der Waals surface area contributed by atoms with Crippen LogP contribution < -0.4 is 10.1 Å². The van der Waals surface area contributed by atoms with Gasteiger partial charge < -0.3 is 15.2 Å². The molecule has 1 aromatic carbocycles. The molecule has 2 atom stereocenters. The average molecular weight is 332 g/mol. The van der Waals surface area contributed by atoms with E-state index in [0.717, 1.165) is 25.7 Å². The molecule has 0 saturated heterocycles. The topological polar surface area (TPSA) is 58.6 Å². The van der Waals surface area contributed by atoms with Crippen LogP contribution in [-0.4, -0.2) is 29.8 Å². The van der Waals surface area contributed by atoms with Crippen molar-refractivity contribution in [3.8, 4) is 5.75 Å². The molecular formula is C15H19Cl2NO3. The molecule has 1 fully saturated rings. The van der Waals surface area contributed by atoms with Crippen LogP contribution in [0.5, 0.6) is 5.75 Å². The summed E-state index contributed by atoms with van der Waals surface area (Å²) >= 11 is 11.7. The Labute approximate surface area is 134 Å². The number of aliphatic hydroxyl groups excluding tert-OH is 1. The van der Waals surface area contributed by atoms with Gasteiger partial charge in [-0.2, -0.15) is 0 Å². The Kier molecular flexibility index (Phi) is 6.15. The number of ether oxygens (including phenoxy) is 1. The molecule has 0 heterocycles. The van der Waals surface area contributed by atoms with Crippen molar-refractivity contribution in [2.24, 2.45) is 0 Å². The normalized spacial score (nSPS) is 21.9. The number of benzene rings is 1. The van der Waals surface area contributed by atoms with Crippen molar-refractivity contribution in [2.45, 2.75) is 44.2 Å². The number of hydrogen-bond acceptors (Lipinski definition) is 3. The molecule has 0 unspecified atom stereocenters. The Morgan fingerprint density at radius 3 is 2.76 bits per heavy atom. The SMILES string of the molecule is O=C(CCOc1ccc(Cl)c(Cl)c1)N[C@H]1CCCC[C@@H]1O.